The fraction of sp³-hybridized carbons (Fsp3) is 0.625. The molecule has 0 aromatic heterocycles. The number of nitrogens with one attached hydrogen (secondary N) is 1. The fourth-order valence-corrected chi connectivity index (χ4v) is 2.84. The molecule has 0 bridgehead atoms. The van der Waals surface area contributed by atoms with Crippen LogP contribution in [0, 0.1) is 5.92 Å². The van der Waals surface area contributed by atoms with E-state index in [9.17, 15) is 0 Å². The Hall–Kier alpha value is -1.06. The lowest BCUT2D eigenvalue weighted by molar-refractivity contribution is 0.0809. The van der Waals surface area contributed by atoms with Crippen LogP contribution in [0.25, 0.3) is 0 Å². The summed E-state index contributed by atoms with van der Waals surface area (Å²) in [6.45, 7) is 4.57. The molecule has 1 aromatic rings. The standard InChI is InChI=1S/C16H23NO2/c1-2-18-14-7-3-12(4-8-14)11-17-15-9-10-19-16(15)13-5-6-13/h3-4,7-8,13,15-17H,2,5-6,9-11H2,1H3. The van der Waals surface area contributed by atoms with Gasteiger partial charge in [0.15, 0.2) is 0 Å². The van der Waals surface area contributed by atoms with Crippen LogP contribution in [0.1, 0.15) is 31.7 Å². The van der Waals surface area contributed by atoms with Gasteiger partial charge in [-0.3, -0.25) is 0 Å². The van der Waals surface area contributed by atoms with E-state index in [0.29, 0.717) is 12.1 Å². The van der Waals surface area contributed by atoms with Crippen molar-refractivity contribution >= 4 is 0 Å². The van der Waals surface area contributed by atoms with Gasteiger partial charge in [-0.15, -0.1) is 0 Å². The van der Waals surface area contributed by atoms with Gasteiger partial charge in [0.25, 0.3) is 0 Å². The Bertz CT molecular complexity index is 400. The summed E-state index contributed by atoms with van der Waals surface area (Å²) in [5, 5.41) is 3.65. The highest BCUT2D eigenvalue weighted by molar-refractivity contribution is 5.27. The Balaban J connectivity index is 1.50. The van der Waals surface area contributed by atoms with Crippen LogP contribution >= 0.6 is 0 Å². The molecule has 2 fully saturated rings. The fourth-order valence-electron chi connectivity index (χ4n) is 2.84. The van der Waals surface area contributed by atoms with Crippen LogP contribution in [-0.2, 0) is 11.3 Å². The first-order valence-corrected chi connectivity index (χ1v) is 7.43. The van der Waals surface area contributed by atoms with E-state index in [-0.39, 0.29) is 0 Å². The van der Waals surface area contributed by atoms with Gasteiger partial charge in [-0.05, 0) is 49.8 Å². The molecule has 2 aliphatic rings. The van der Waals surface area contributed by atoms with Crippen LogP contribution in [-0.4, -0.2) is 25.4 Å². The molecule has 3 rings (SSSR count). The summed E-state index contributed by atoms with van der Waals surface area (Å²) < 4.78 is 11.3. The van der Waals surface area contributed by atoms with Crippen molar-refractivity contribution < 1.29 is 9.47 Å². The molecule has 0 amide bonds. The lowest BCUT2D eigenvalue weighted by Gasteiger charge is -2.19. The zero-order chi connectivity index (χ0) is 13.1. The van der Waals surface area contributed by atoms with E-state index < -0.39 is 0 Å². The van der Waals surface area contributed by atoms with E-state index in [1.54, 1.807) is 0 Å². The van der Waals surface area contributed by atoms with Gasteiger partial charge in [-0.1, -0.05) is 12.1 Å². The highest BCUT2D eigenvalue weighted by atomic mass is 16.5. The maximum atomic E-state index is 5.85. The largest absolute Gasteiger partial charge is 0.494 e. The first-order chi connectivity index (χ1) is 9.36. The Morgan fingerprint density at radius 3 is 2.68 bits per heavy atom. The highest BCUT2D eigenvalue weighted by Gasteiger charge is 2.40. The molecule has 1 heterocycles. The summed E-state index contributed by atoms with van der Waals surface area (Å²) in [7, 11) is 0. The van der Waals surface area contributed by atoms with Gasteiger partial charge >= 0.3 is 0 Å². The third-order valence-corrected chi connectivity index (χ3v) is 4.03. The van der Waals surface area contributed by atoms with Crippen molar-refractivity contribution in [3.05, 3.63) is 29.8 Å². The summed E-state index contributed by atoms with van der Waals surface area (Å²) >= 11 is 0. The minimum atomic E-state index is 0.461. The van der Waals surface area contributed by atoms with Crippen molar-refractivity contribution in [3.63, 3.8) is 0 Å². The highest BCUT2D eigenvalue weighted by Crippen LogP contribution is 2.38. The van der Waals surface area contributed by atoms with E-state index in [0.717, 1.165) is 37.8 Å². The molecular formula is C16H23NO2. The van der Waals surface area contributed by atoms with Gasteiger partial charge in [-0.2, -0.15) is 0 Å². The minimum absolute atomic E-state index is 0.461. The molecule has 0 spiro atoms. The Labute approximate surface area is 115 Å². The zero-order valence-corrected chi connectivity index (χ0v) is 11.6. The number of hydrogen-bond acceptors (Lipinski definition) is 3. The Morgan fingerprint density at radius 1 is 1.21 bits per heavy atom. The molecule has 1 N–H and O–H groups in total. The van der Waals surface area contributed by atoms with Gasteiger partial charge < -0.3 is 14.8 Å². The van der Waals surface area contributed by atoms with E-state index in [1.807, 2.05) is 19.1 Å². The molecule has 1 saturated carbocycles. The molecule has 3 nitrogen and oxygen atoms in total. The average Bonchev–Trinajstić information content (AvgIpc) is 3.17. The van der Waals surface area contributed by atoms with Crippen LogP contribution in [0.5, 0.6) is 5.75 Å². The number of ether oxygens (including phenoxy) is 2. The van der Waals surface area contributed by atoms with Crippen molar-refractivity contribution in [2.45, 2.75) is 44.9 Å². The van der Waals surface area contributed by atoms with Gasteiger partial charge in [0.05, 0.1) is 12.7 Å². The number of rotatable bonds is 6. The van der Waals surface area contributed by atoms with Gasteiger partial charge in [0.1, 0.15) is 5.75 Å². The molecule has 3 heteroatoms. The number of benzene rings is 1. The van der Waals surface area contributed by atoms with E-state index in [1.165, 1.54) is 18.4 Å². The average molecular weight is 261 g/mol. The van der Waals surface area contributed by atoms with E-state index >= 15 is 0 Å². The van der Waals surface area contributed by atoms with Crippen molar-refractivity contribution in [1.29, 1.82) is 0 Å². The molecule has 1 aliphatic carbocycles. The van der Waals surface area contributed by atoms with Crippen LogP contribution in [0.3, 0.4) is 0 Å². The molecule has 1 aliphatic heterocycles. The third-order valence-electron chi connectivity index (χ3n) is 4.03. The van der Waals surface area contributed by atoms with E-state index in [2.05, 4.69) is 17.4 Å². The minimum Gasteiger partial charge on any atom is -0.494 e. The molecule has 1 saturated heterocycles. The summed E-state index contributed by atoms with van der Waals surface area (Å²) in [6.07, 6.45) is 4.32. The second-order valence-electron chi connectivity index (χ2n) is 5.53. The third kappa shape index (κ3) is 3.28. The smallest absolute Gasteiger partial charge is 0.119 e. The molecule has 2 atom stereocenters. The summed E-state index contributed by atoms with van der Waals surface area (Å²) in [5.41, 5.74) is 1.31. The van der Waals surface area contributed by atoms with Crippen molar-refractivity contribution in [2.75, 3.05) is 13.2 Å². The van der Waals surface area contributed by atoms with Crippen LogP contribution < -0.4 is 10.1 Å². The lowest BCUT2D eigenvalue weighted by Crippen LogP contribution is -2.37. The molecular weight excluding hydrogens is 238 g/mol. The number of hydrogen-bond donors (Lipinski definition) is 1. The normalized spacial score (nSPS) is 26.6. The molecule has 1 aromatic carbocycles. The second kappa shape index (κ2) is 5.93. The quantitative estimate of drug-likeness (QED) is 0.854. The second-order valence-corrected chi connectivity index (χ2v) is 5.53. The van der Waals surface area contributed by atoms with Crippen LogP contribution in [0.15, 0.2) is 24.3 Å². The SMILES string of the molecule is CCOc1ccc(CNC2CCOC2C2CC2)cc1. The van der Waals surface area contributed by atoms with Crippen LogP contribution in [0.2, 0.25) is 0 Å². The lowest BCUT2D eigenvalue weighted by atomic mass is 10.1. The molecule has 0 radical (unpaired) electrons. The van der Waals surface area contributed by atoms with Gasteiger partial charge in [-0.25, -0.2) is 0 Å². The summed E-state index contributed by atoms with van der Waals surface area (Å²) in [6, 6.07) is 8.91. The summed E-state index contributed by atoms with van der Waals surface area (Å²) in [4.78, 5) is 0. The maximum Gasteiger partial charge on any atom is 0.119 e. The van der Waals surface area contributed by atoms with Gasteiger partial charge in [0, 0.05) is 19.2 Å². The predicted octanol–water partition coefficient (Wildman–Crippen LogP) is 2.74. The van der Waals surface area contributed by atoms with Crippen molar-refractivity contribution in [1.82, 2.24) is 5.32 Å². The van der Waals surface area contributed by atoms with Crippen LogP contribution in [0.4, 0.5) is 0 Å². The topological polar surface area (TPSA) is 30.5 Å². The first-order valence-electron chi connectivity index (χ1n) is 7.43. The Kier molecular flexibility index (Phi) is 4.04. The predicted molar refractivity (Wildman–Crippen MR) is 75.3 cm³/mol. The maximum absolute atomic E-state index is 5.85. The first kappa shape index (κ1) is 12.9. The Morgan fingerprint density at radius 2 is 2.00 bits per heavy atom. The van der Waals surface area contributed by atoms with E-state index in [4.69, 9.17) is 9.47 Å². The molecule has 2 unspecified atom stereocenters. The van der Waals surface area contributed by atoms with Crippen molar-refractivity contribution in [3.8, 4) is 5.75 Å². The zero-order valence-electron chi connectivity index (χ0n) is 11.6. The molecule has 104 valence electrons. The van der Waals surface area contributed by atoms with Gasteiger partial charge in [0.2, 0.25) is 0 Å². The monoisotopic (exact) mass is 261 g/mol. The summed E-state index contributed by atoms with van der Waals surface area (Å²) in [5.74, 6) is 1.77. The molecule has 19 heavy (non-hydrogen) atoms. The van der Waals surface area contributed by atoms with Crippen molar-refractivity contribution in [2.24, 2.45) is 5.92 Å².